The summed E-state index contributed by atoms with van der Waals surface area (Å²) in [6.45, 7) is 0.379. The fourth-order valence-corrected chi connectivity index (χ4v) is 3.29. The minimum absolute atomic E-state index is 0.0145. The van der Waals surface area contributed by atoms with Crippen LogP contribution in [0, 0.1) is 11.8 Å². The lowest BCUT2D eigenvalue weighted by Crippen LogP contribution is -2.30. The van der Waals surface area contributed by atoms with E-state index in [0.717, 1.165) is 10.0 Å². The molecule has 0 N–H and O–H groups in total. The van der Waals surface area contributed by atoms with Crippen LogP contribution in [0.3, 0.4) is 0 Å². The molecule has 1 saturated heterocycles. The molecule has 1 fully saturated rings. The summed E-state index contributed by atoms with van der Waals surface area (Å²) in [5.74, 6) is -0.298. The van der Waals surface area contributed by atoms with Gasteiger partial charge in [-0.2, -0.15) is 0 Å². The second kappa shape index (κ2) is 4.93. The van der Waals surface area contributed by atoms with Gasteiger partial charge in [0.1, 0.15) is 0 Å². The normalized spacial score (nSPS) is 25.8. The van der Waals surface area contributed by atoms with Crippen LogP contribution in [0.1, 0.15) is 18.4 Å². The van der Waals surface area contributed by atoms with Crippen LogP contribution in [0.5, 0.6) is 0 Å². The summed E-state index contributed by atoms with van der Waals surface area (Å²) in [4.78, 5) is 26.0. The predicted octanol–water partition coefficient (Wildman–Crippen LogP) is 2.90. The van der Waals surface area contributed by atoms with Gasteiger partial charge in [0.05, 0.1) is 18.4 Å². The van der Waals surface area contributed by atoms with E-state index >= 15 is 0 Å². The Morgan fingerprint density at radius 1 is 1.11 bits per heavy atom. The summed E-state index contributed by atoms with van der Waals surface area (Å²) < 4.78 is 0.961. The van der Waals surface area contributed by atoms with Gasteiger partial charge < -0.3 is 0 Å². The van der Waals surface area contributed by atoms with Crippen LogP contribution in [-0.2, 0) is 16.1 Å². The molecule has 0 saturated carbocycles. The van der Waals surface area contributed by atoms with Crippen molar-refractivity contribution in [3.8, 4) is 0 Å². The van der Waals surface area contributed by atoms with Crippen LogP contribution in [0.4, 0.5) is 0 Å². The highest BCUT2D eigenvalue weighted by Crippen LogP contribution is 2.35. The Morgan fingerprint density at radius 2 is 1.74 bits per heavy atom. The molecule has 1 aromatic carbocycles. The second-order valence-corrected chi connectivity index (χ2v) is 5.96. The van der Waals surface area contributed by atoms with Crippen molar-refractivity contribution >= 4 is 27.7 Å². The molecule has 1 aliphatic carbocycles. The zero-order valence-corrected chi connectivity index (χ0v) is 12.0. The quantitative estimate of drug-likeness (QED) is 0.621. The monoisotopic (exact) mass is 319 g/mol. The van der Waals surface area contributed by atoms with E-state index in [1.54, 1.807) is 0 Å². The van der Waals surface area contributed by atoms with Gasteiger partial charge >= 0.3 is 0 Å². The van der Waals surface area contributed by atoms with Crippen LogP contribution in [0.2, 0.25) is 0 Å². The summed E-state index contributed by atoms with van der Waals surface area (Å²) in [6.07, 6.45) is 5.42. The standard InChI is InChI=1S/C15H14BrNO2/c16-11-5-3-4-10(8-11)9-17-14(18)12-6-1-2-7-13(12)15(17)19/h1-5,8,12-13H,6-7,9H2/t12-,13-/m0/s1. The molecule has 2 aliphatic rings. The van der Waals surface area contributed by atoms with Crippen LogP contribution in [-0.4, -0.2) is 16.7 Å². The number of carbonyl (C=O) groups is 2. The lowest BCUT2D eigenvalue weighted by Gasteiger charge is -2.14. The molecule has 0 spiro atoms. The maximum absolute atomic E-state index is 12.3. The van der Waals surface area contributed by atoms with Crippen molar-refractivity contribution in [2.24, 2.45) is 11.8 Å². The van der Waals surface area contributed by atoms with E-state index < -0.39 is 0 Å². The van der Waals surface area contributed by atoms with Crippen molar-refractivity contribution in [3.05, 3.63) is 46.5 Å². The molecule has 2 amide bonds. The average molecular weight is 320 g/mol. The van der Waals surface area contributed by atoms with Gasteiger partial charge in [0.2, 0.25) is 11.8 Å². The van der Waals surface area contributed by atoms with Gasteiger partial charge in [0.25, 0.3) is 0 Å². The molecule has 1 aliphatic heterocycles. The zero-order valence-electron chi connectivity index (χ0n) is 10.4. The Bertz CT molecular complexity index is 541. The first-order valence-corrected chi connectivity index (χ1v) is 7.21. The van der Waals surface area contributed by atoms with Crippen LogP contribution < -0.4 is 0 Å². The number of hydrogen-bond acceptors (Lipinski definition) is 2. The van der Waals surface area contributed by atoms with Crippen molar-refractivity contribution < 1.29 is 9.59 Å². The SMILES string of the molecule is O=C1[C@H]2CC=CC[C@@H]2C(=O)N1Cc1cccc(Br)c1. The van der Waals surface area contributed by atoms with Gasteiger partial charge in [0, 0.05) is 4.47 Å². The molecule has 98 valence electrons. The van der Waals surface area contributed by atoms with Gasteiger partial charge in [-0.3, -0.25) is 14.5 Å². The highest BCUT2D eigenvalue weighted by Gasteiger charge is 2.46. The number of imide groups is 1. The summed E-state index contributed by atoms with van der Waals surface area (Å²) in [5, 5.41) is 0. The van der Waals surface area contributed by atoms with Gasteiger partial charge in [-0.15, -0.1) is 0 Å². The minimum atomic E-state index is -0.135. The number of benzene rings is 1. The molecule has 0 unspecified atom stereocenters. The Morgan fingerprint density at radius 3 is 2.32 bits per heavy atom. The highest BCUT2D eigenvalue weighted by atomic mass is 79.9. The van der Waals surface area contributed by atoms with Crippen molar-refractivity contribution in [2.45, 2.75) is 19.4 Å². The Hall–Kier alpha value is -1.42. The Balaban J connectivity index is 1.82. The number of likely N-dealkylation sites (tertiary alicyclic amines) is 1. The third-order valence-corrected chi connectivity index (χ3v) is 4.32. The van der Waals surface area contributed by atoms with Gasteiger partial charge in [-0.1, -0.05) is 40.2 Å². The molecule has 3 rings (SSSR count). The topological polar surface area (TPSA) is 37.4 Å². The first-order valence-electron chi connectivity index (χ1n) is 6.41. The maximum Gasteiger partial charge on any atom is 0.233 e. The van der Waals surface area contributed by atoms with Crippen molar-refractivity contribution in [1.82, 2.24) is 4.90 Å². The summed E-state index contributed by atoms with van der Waals surface area (Å²) in [5.41, 5.74) is 0.975. The van der Waals surface area contributed by atoms with E-state index in [2.05, 4.69) is 15.9 Å². The minimum Gasteiger partial charge on any atom is -0.278 e. The molecule has 3 nitrogen and oxygen atoms in total. The van der Waals surface area contributed by atoms with Crippen molar-refractivity contribution in [1.29, 1.82) is 0 Å². The van der Waals surface area contributed by atoms with Gasteiger partial charge in [-0.25, -0.2) is 0 Å². The lowest BCUT2D eigenvalue weighted by molar-refractivity contribution is -0.140. The van der Waals surface area contributed by atoms with E-state index in [4.69, 9.17) is 0 Å². The molecule has 0 radical (unpaired) electrons. The molecule has 0 aromatic heterocycles. The summed E-state index contributed by atoms with van der Waals surface area (Å²) in [6, 6.07) is 7.73. The Labute approximate surface area is 120 Å². The molecule has 0 bridgehead atoms. The van der Waals surface area contributed by atoms with E-state index in [-0.39, 0.29) is 23.7 Å². The number of allylic oxidation sites excluding steroid dienone is 2. The van der Waals surface area contributed by atoms with Crippen molar-refractivity contribution in [2.75, 3.05) is 0 Å². The molecular weight excluding hydrogens is 306 g/mol. The molecule has 1 aromatic rings. The number of rotatable bonds is 2. The van der Waals surface area contributed by atoms with Crippen LogP contribution >= 0.6 is 15.9 Å². The summed E-state index contributed by atoms with van der Waals surface area (Å²) in [7, 11) is 0. The fraction of sp³-hybridized carbons (Fsp3) is 0.333. The molecule has 2 atom stereocenters. The fourth-order valence-electron chi connectivity index (χ4n) is 2.84. The molecule has 1 heterocycles. The number of hydrogen-bond donors (Lipinski definition) is 0. The Kier molecular flexibility index (Phi) is 3.27. The zero-order chi connectivity index (χ0) is 13.4. The summed E-state index contributed by atoms with van der Waals surface area (Å²) >= 11 is 3.40. The number of amides is 2. The third kappa shape index (κ3) is 2.25. The first-order chi connectivity index (χ1) is 9.16. The number of halogens is 1. The van der Waals surface area contributed by atoms with Crippen LogP contribution in [0.15, 0.2) is 40.9 Å². The smallest absolute Gasteiger partial charge is 0.233 e. The second-order valence-electron chi connectivity index (χ2n) is 5.05. The lowest BCUT2D eigenvalue weighted by atomic mass is 9.85. The number of fused-ring (bicyclic) bond motifs is 1. The first kappa shape index (κ1) is 12.6. The van der Waals surface area contributed by atoms with Crippen LogP contribution in [0.25, 0.3) is 0 Å². The highest BCUT2D eigenvalue weighted by molar-refractivity contribution is 9.10. The van der Waals surface area contributed by atoms with E-state index in [1.807, 2.05) is 36.4 Å². The van der Waals surface area contributed by atoms with E-state index in [9.17, 15) is 9.59 Å². The van der Waals surface area contributed by atoms with E-state index in [1.165, 1.54) is 4.90 Å². The maximum atomic E-state index is 12.3. The molecule has 4 heteroatoms. The van der Waals surface area contributed by atoms with Gasteiger partial charge in [-0.05, 0) is 30.5 Å². The molecular formula is C15H14BrNO2. The predicted molar refractivity (Wildman–Crippen MR) is 75.1 cm³/mol. The van der Waals surface area contributed by atoms with Gasteiger partial charge in [0.15, 0.2) is 0 Å². The molecule has 19 heavy (non-hydrogen) atoms. The number of nitrogens with zero attached hydrogens (tertiary/aromatic N) is 1. The third-order valence-electron chi connectivity index (χ3n) is 3.83. The average Bonchev–Trinajstić information content (AvgIpc) is 2.65. The van der Waals surface area contributed by atoms with E-state index in [0.29, 0.717) is 19.4 Å². The number of carbonyl (C=O) groups excluding carboxylic acids is 2. The van der Waals surface area contributed by atoms with Crippen molar-refractivity contribution in [3.63, 3.8) is 0 Å². The largest absolute Gasteiger partial charge is 0.278 e.